The van der Waals surface area contributed by atoms with E-state index in [2.05, 4.69) is 25.8 Å². The number of alkyl halides is 1. The fourth-order valence-electron chi connectivity index (χ4n) is 2.43. The molecule has 2 aliphatic heterocycles. The fourth-order valence-corrected chi connectivity index (χ4v) is 3.00. The van der Waals surface area contributed by atoms with Crippen LogP contribution in [0, 0.1) is 0 Å². The zero-order chi connectivity index (χ0) is 13.2. The highest BCUT2D eigenvalue weighted by atomic mass is 79.9. The molecule has 0 N–H and O–H groups in total. The summed E-state index contributed by atoms with van der Waals surface area (Å²) in [7, 11) is 0. The van der Waals surface area contributed by atoms with Crippen LogP contribution in [0.5, 0.6) is 0 Å². The van der Waals surface area contributed by atoms with Crippen molar-refractivity contribution in [1.82, 2.24) is 4.98 Å². The third kappa shape index (κ3) is 2.74. The summed E-state index contributed by atoms with van der Waals surface area (Å²) < 4.78 is 5.32. The molecule has 0 bridgehead atoms. The highest BCUT2D eigenvalue weighted by Crippen LogP contribution is 2.25. The van der Waals surface area contributed by atoms with Crippen LogP contribution in [0.2, 0.25) is 0 Å². The van der Waals surface area contributed by atoms with E-state index in [1.165, 1.54) is 0 Å². The van der Waals surface area contributed by atoms with Gasteiger partial charge in [0.05, 0.1) is 25.1 Å². The van der Waals surface area contributed by atoms with Crippen LogP contribution < -0.4 is 9.80 Å². The van der Waals surface area contributed by atoms with Crippen LogP contribution in [0.25, 0.3) is 0 Å². The van der Waals surface area contributed by atoms with Gasteiger partial charge in [-0.3, -0.25) is 4.79 Å². The molecule has 0 aliphatic carbocycles. The zero-order valence-electron chi connectivity index (χ0n) is 10.6. The van der Waals surface area contributed by atoms with E-state index in [4.69, 9.17) is 4.74 Å². The molecule has 102 valence electrons. The van der Waals surface area contributed by atoms with Crippen LogP contribution in [0.15, 0.2) is 18.3 Å². The lowest BCUT2D eigenvalue weighted by Crippen LogP contribution is -2.36. The second-order valence-electron chi connectivity index (χ2n) is 4.78. The Bertz CT molecular complexity index is 459. The van der Waals surface area contributed by atoms with Crippen LogP contribution in [0.3, 0.4) is 0 Å². The van der Waals surface area contributed by atoms with Crippen molar-refractivity contribution in [3.8, 4) is 0 Å². The van der Waals surface area contributed by atoms with Crippen LogP contribution in [0.4, 0.5) is 11.5 Å². The number of carbonyl (C=O) groups excluding carboxylic acids is 1. The van der Waals surface area contributed by atoms with Crippen molar-refractivity contribution in [2.45, 2.75) is 11.2 Å². The Morgan fingerprint density at radius 2 is 2.11 bits per heavy atom. The second kappa shape index (κ2) is 5.46. The molecule has 3 heterocycles. The summed E-state index contributed by atoms with van der Waals surface area (Å²) in [5.41, 5.74) is 0.879. The molecule has 0 saturated carbocycles. The minimum atomic E-state index is 0.155. The molecule has 1 unspecified atom stereocenters. The highest BCUT2D eigenvalue weighted by Gasteiger charge is 2.29. The first-order chi connectivity index (χ1) is 9.24. The van der Waals surface area contributed by atoms with Gasteiger partial charge in [0, 0.05) is 30.9 Å². The molecule has 1 aromatic rings. The first kappa shape index (κ1) is 12.9. The van der Waals surface area contributed by atoms with Crippen LogP contribution in [0.1, 0.15) is 6.42 Å². The SMILES string of the molecule is O=C1CC(Br)CN1c1ccc(N2CCOCC2)nc1. The summed E-state index contributed by atoms with van der Waals surface area (Å²) >= 11 is 3.49. The molecular weight excluding hydrogens is 310 g/mol. The van der Waals surface area contributed by atoms with Gasteiger partial charge in [0.15, 0.2) is 0 Å². The first-order valence-electron chi connectivity index (χ1n) is 6.47. The molecule has 5 nitrogen and oxygen atoms in total. The van der Waals surface area contributed by atoms with Crippen molar-refractivity contribution in [1.29, 1.82) is 0 Å². The standard InChI is InChI=1S/C13H16BrN3O2/c14-10-7-13(18)17(9-10)11-1-2-12(15-8-11)16-3-5-19-6-4-16/h1-2,8,10H,3-7,9H2. The topological polar surface area (TPSA) is 45.7 Å². The van der Waals surface area contributed by atoms with E-state index >= 15 is 0 Å². The van der Waals surface area contributed by atoms with Gasteiger partial charge in [-0.05, 0) is 12.1 Å². The maximum absolute atomic E-state index is 11.8. The number of nitrogens with zero attached hydrogens (tertiary/aromatic N) is 3. The number of anilines is 2. The van der Waals surface area contributed by atoms with Crippen LogP contribution in [-0.4, -0.2) is 48.6 Å². The number of pyridine rings is 1. The molecule has 0 radical (unpaired) electrons. The van der Waals surface area contributed by atoms with Gasteiger partial charge in [0.1, 0.15) is 5.82 Å². The monoisotopic (exact) mass is 325 g/mol. The Labute approximate surface area is 120 Å². The summed E-state index contributed by atoms with van der Waals surface area (Å²) in [5, 5.41) is 0. The van der Waals surface area contributed by atoms with Gasteiger partial charge in [-0.15, -0.1) is 0 Å². The summed E-state index contributed by atoms with van der Waals surface area (Å²) in [6, 6.07) is 3.95. The van der Waals surface area contributed by atoms with E-state index < -0.39 is 0 Å². The van der Waals surface area contributed by atoms with Crippen molar-refractivity contribution in [2.24, 2.45) is 0 Å². The molecule has 3 rings (SSSR count). The van der Waals surface area contributed by atoms with Gasteiger partial charge in [-0.2, -0.15) is 0 Å². The fraction of sp³-hybridized carbons (Fsp3) is 0.538. The Balaban J connectivity index is 1.73. The molecule has 2 fully saturated rings. The predicted molar refractivity (Wildman–Crippen MR) is 77.0 cm³/mol. The van der Waals surface area contributed by atoms with Gasteiger partial charge in [0.2, 0.25) is 5.91 Å². The summed E-state index contributed by atoms with van der Waals surface area (Å²) in [4.78, 5) is 20.5. The van der Waals surface area contributed by atoms with E-state index in [1.807, 2.05) is 12.1 Å². The van der Waals surface area contributed by atoms with E-state index in [0.29, 0.717) is 6.42 Å². The maximum atomic E-state index is 11.8. The zero-order valence-corrected chi connectivity index (χ0v) is 12.2. The third-order valence-corrected chi connectivity index (χ3v) is 4.07. The number of amides is 1. The molecule has 0 aromatic carbocycles. The van der Waals surface area contributed by atoms with Crippen molar-refractivity contribution in [3.63, 3.8) is 0 Å². The van der Waals surface area contributed by atoms with Gasteiger partial charge in [-0.1, -0.05) is 15.9 Å². The molecule has 19 heavy (non-hydrogen) atoms. The molecule has 1 aromatic heterocycles. The van der Waals surface area contributed by atoms with Gasteiger partial charge >= 0.3 is 0 Å². The molecule has 0 spiro atoms. The quantitative estimate of drug-likeness (QED) is 0.771. The smallest absolute Gasteiger partial charge is 0.228 e. The Morgan fingerprint density at radius 3 is 2.68 bits per heavy atom. The Hall–Kier alpha value is -1.14. The van der Waals surface area contributed by atoms with Gasteiger partial charge in [-0.25, -0.2) is 4.98 Å². The minimum absolute atomic E-state index is 0.155. The number of ether oxygens (including phenoxy) is 1. The highest BCUT2D eigenvalue weighted by molar-refractivity contribution is 9.09. The molecule has 2 saturated heterocycles. The number of hydrogen-bond acceptors (Lipinski definition) is 4. The van der Waals surface area contributed by atoms with Gasteiger partial charge < -0.3 is 14.5 Å². The molecule has 1 atom stereocenters. The molecule has 1 amide bonds. The molecule has 6 heteroatoms. The van der Waals surface area contributed by atoms with Crippen molar-refractivity contribution >= 4 is 33.3 Å². The maximum Gasteiger partial charge on any atom is 0.228 e. The largest absolute Gasteiger partial charge is 0.378 e. The average molecular weight is 326 g/mol. The summed E-state index contributed by atoms with van der Waals surface area (Å²) in [6.45, 7) is 3.97. The van der Waals surface area contributed by atoms with Crippen molar-refractivity contribution in [2.75, 3.05) is 42.6 Å². The second-order valence-corrected chi connectivity index (χ2v) is 6.07. The van der Waals surface area contributed by atoms with E-state index in [1.54, 1.807) is 11.1 Å². The number of hydrogen-bond donors (Lipinski definition) is 0. The van der Waals surface area contributed by atoms with E-state index in [-0.39, 0.29) is 10.7 Å². The Morgan fingerprint density at radius 1 is 1.32 bits per heavy atom. The lowest BCUT2D eigenvalue weighted by molar-refractivity contribution is -0.117. The van der Waals surface area contributed by atoms with E-state index in [9.17, 15) is 4.79 Å². The number of aromatic nitrogens is 1. The van der Waals surface area contributed by atoms with Crippen LogP contribution in [-0.2, 0) is 9.53 Å². The normalized spacial score (nSPS) is 24.1. The third-order valence-electron chi connectivity index (χ3n) is 3.46. The minimum Gasteiger partial charge on any atom is -0.378 e. The van der Waals surface area contributed by atoms with Crippen LogP contribution >= 0.6 is 15.9 Å². The number of halogens is 1. The van der Waals surface area contributed by atoms with Gasteiger partial charge in [0.25, 0.3) is 0 Å². The lowest BCUT2D eigenvalue weighted by Gasteiger charge is -2.28. The summed E-state index contributed by atoms with van der Waals surface area (Å²) in [6.07, 6.45) is 2.35. The first-order valence-corrected chi connectivity index (χ1v) is 7.39. The van der Waals surface area contributed by atoms with E-state index in [0.717, 1.165) is 44.4 Å². The van der Waals surface area contributed by atoms with Crippen molar-refractivity contribution < 1.29 is 9.53 Å². The Kier molecular flexibility index (Phi) is 3.70. The predicted octanol–water partition coefficient (Wildman–Crippen LogP) is 1.42. The number of carbonyl (C=O) groups is 1. The molecular formula is C13H16BrN3O2. The summed E-state index contributed by atoms with van der Waals surface area (Å²) in [5.74, 6) is 1.11. The molecule has 2 aliphatic rings. The number of morpholine rings is 1. The average Bonchev–Trinajstić information content (AvgIpc) is 2.79. The number of rotatable bonds is 2. The lowest BCUT2D eigenvalue weighted by atomic mass is 10.3. The van der Waals surface area contributed by atoms with Crippen molar-refractivity contribution in [3.05, 3.63) is 18.3 Å².